The van der Waals surface area contributed by atoms with Gasteiger partial charge in [-0.2, -0.15) is 5.26 Å². The molecule has 0 fully saturated rings. The first kappa shape index (κ1) is 29.1. The molecule has 152 valence electrons. The van der Waals surface area contributed by atoms with Gasteiger partial charge in [-0.1, -0.05) is 53.4 Å². The zero-order chi connectivity index (χ0) is 20.2. The fourth-order valence-corrected chi connectivity index (χ4v) is 2.64. The van der Waals surface area contributed by atoms with Crippen molar-refractivity contribution in [2.45, 2.75) is 86.0 Å². The Morgan fingerprint density at radius 1 is 0.840 bits per heavy atom. The maximum atomic E-state index is 8.63. The Bertz CT molecular complexity index is 360. The maximum Gasteiger partial charge on any atom is 0.215 e. The lowest BCUT2D eigenvalue weighted by molar-refractivity contribution is -0.929. The smallest absolute Gasteiger partial charge is 0.215 e. The molecule has 0 aliphatic heterocycles. The molecule has 0 aliphatic rings. The van der Waals surface area contributed by atoms with Crippen LogP contribution in [0.5, 0.6) is 0 Å². The molecule has 0 aromatic rings. The second-order valence-corrected chi connectivity index (χ2v) is 7.16. The van der Waals surface area contributed by atoms with Crippen LogP contribution >= 0.6 is 0 Å². The molecule has 0 radical (unpaired) electrons. The van der Waals surface area contributed by atoms with Crippen molar-refractivity contribution in [3.63, 3.8) is 0 Å². The number of unbranched alkanes of at least 4 members (excludes halogenated alkanes) is 4. The lowest BCUT2D eigenvalue weighted by atomic mass is 10.1. The molecular formula is C18H40N2O4S. The largest absolute Gasteiger partial charge is 0.726 e. The van der Waals surface area contributed by atoms with Crippen LogP contribution in [-0.2, 0) is 10.4 Å². The van der Waals surface area contributed by atoms with Gasteiger partial charge in [0, 0.05) is 6.92 Å². The molecule has 0 aliphatic carbocycles. The molecule has 0 saturated heterocycles. The summed E-state index contributed by atoms with van der Waals surface area (Å²) >= 11 is 0. The third-order valence-electron chi connectivity index (χ3n) is 3.94. The molecule has 1 N–H and O–H groups in total. The molecule has 0 unspecified atom stereocenters. The van der Waals surface area contributed by atoms with Gasteiger partial charge in [0.2, 0.25) is 10.4 Å². The first-order valence-electron chi connectivity index (χ1n) is 9.50. The van der Waals surface area contributed by atoms with E-state index >= 15 is 0 Å². The molecule has 0 amide bonds. The standard InChI is InChI=1S/C16H36N.C2H3N.H2O4S/c1-5-9-13-17(14-10-6-2,15-11-7-3)16-12-8-4;1-2-3;1-5(2,3)4/h5-16H2,1-4H3;1H3;(H2,1,2,3,4)/q+1;;/p-1. The van der Waals surface area contributed by atoms with Crippen molar-refractivity contribution in [3.05, 3.63) is 0 Å². The molecule has 7 heteroatoms. The van der Waals surface area contributed by atoms with Crippen LogP contribution in [0.25, 0.3) is 0 Å². The van der Waals surface area contributed by atoms with Crippen LogP contribution in [0.1, 0.15) is 86.0 Å². The van der Waals surface area contributed by atoms with Crippen LogP contribution in [0.4, 0.5) is 0 Å². The van der Waals surface area contributed by atoms with Gasteiger partial charge in [0.05, 0.1) is 32.2 Å². The van der Waals surface area contributed by atoms with Crippen molar-refractivity contribution < 1.29 is 22.0 Å². The predicted octanol–water partition coefficient (Wildman–Crippen LogP) is 4.54. The Balaban J connectivity index is -0.000000504. The van der Waals surface area contributed by atoms with E-state index < -0.39 is 10.4 Å². The summed E-state index contributed by atoms with van der Waals surface area (Å²) in [5.41, 5.74) is 0. The van der Waals surface area contributed by atoms with E-state index in [1.165, 1.54) is 89.0 Å². The average molecular weight is 381 g/mol. The first-order chi connectivity index (χ1) is 11.7. The van der Waals surface area contributed by atoms with E-state index in [2.05, 4.69) is 27.7 Å². The van der Waals surface area contributed by atoms with E-state index in [0.29, 0.717) is 0 Å². The minimum absolute atomic E-state index is 1.35. The predicted molar refractivity (Wildman–Crippen MR) is 103 cm³/mol. The van der Waals surface area contributed by atoms with E-state index in [1.807, 2.05) is 0 Å². The number of nitriles is 1. The zero-order valence-electron chi connectivity index (χ0n) is 17.0. The van der Waals surface area contributed by atoms with Gasteiger partial charge in [-0.25, -0.2) is 8.42 Å². The highest BCUT2D eigenvalue weighted by molar-refractivity contribution is 7.79. The molecule has 0 saturated carbocycles. The molecule has 0 spiro atoms. The highest BCUT2D eigenvalue weighted by atomic mass is 32.3. The number of hydrogen-bond acceptors (Lipinski definition) is 4. The van der Waals surface area contributed by atoms with Gasteiger partial charge in [-0.15, -0.1) is 0 Å². The Labute approximate surface area is 156 Å². The second-order valence-electron chi connectivity index (χ2n) is 6.30. The monoisotopic (exact) mass is 380 g/mol. The summed E-state index contributed by atoms with van der Waals surface area (Å²) in [5, 5.41) is 7.32. The Morgan fingerprint density at radius 3 is 1.12 bits per heavy atom. The normalized spacial score (nSPS) is 10.8. The molecule has 6 nitrogen and oxygen atoms in total. The summed E-state index contributed by atoms with van der Waals surface area (Å²) in [5.74, 6) is 0. The molecule has 0 bridgehead atoms. The fourth-order valence-electron chi connectivity index (χ4n) is 2.64. The van der Waals surface area contributed by atoms with Crippen molar-refractivity contribution in [2.24, 2.45) is 0 Å². The minimum atomic E-state index is -4.92. The van der Waals surface area contributed by atoms with E-state index in [4.69, 9.17) is 22.8 Å². The quantitative estimate of drug-likeness (QED) is 0.304. The van der Waals surface area contributed by atoms with Crippen LogP contribution in [0.2, 0.25) is 0 Å². The fraction of sp³-hybridized carbons (Fsp3) is 0.944. The summed E-state index contributed by atoms with van der Waals surface area (Å²) < 4.78 is 34.3. The molecule has 0 aromatic heterocycles. The van der Waals surface area contributed by atoms with E-state index in [0.717, 1.165) is 0 Å². The van der Waals surface area contributed by atoms with Crippen LogP contribution < -0.4 is 0 Å². The molecule has 25 heavy (non-hydrogen) atoms. The Hall–Kier alpha value is -0.680. The highest BCUT2D eigenvalue weighted by Crippen LogP contribution is 2.16. The van der Waals surface area contributed by atoms with Gasteiger partial charge in [-0.3, -0.25) is 4.55 Å². The van der Waals surface area contributed by atoms with Crippen LogP contribution in [0, 0.1) is 11.3 Å². The minimum Gasteiger partial charge on any atom is -0.726 e. The van der Waals surface area contributed by atoms with Crippen molar-refractivity contribution in [2.75, 3.05) is 26.2 Å². The van der Waals surface area contributed by atoms with Gasteiger partial charge >= 0.3 is 0 Å². The van der Waals surface area contributed by atoms with Crippen molar-refractivity contribution >= 4 is 10.4 Å². The zero-order valence-corrected chi connectivity index (χ0v) is 17.8. The summed E-state index contributed by atoms with van der Waals surface area (Å²) in [6, 6.07) is 1.75. The summed E-state index contributed by atoms with van der Waals surface area (Å²) in [6.45, 7) is 16.4. The lowest BCUT2D eigenvalue weighted by Crippen LogP contribution is -2.50. The van der Waals surface area contributed by atoms with Crippen LogP contribution in [-0.4, -0.2) is 48.2 Å². The van der Waals surface area contributed by atoms with Gasteiger partial charge < -0.3 is 9.04 Å². The van der Waals surface area contributed by atoms with Gasteiger partial charge in [0.15, 0.2) is 0 Å². The average Bonchev–Trinajstić information content (AvgIpc) is 2.53. The molecule has 0 aromatic carbocycles. The summed E-state index contributed by atoms with van der Waals surface area (Å²) in [4.78, 5) is 0. The molecular weight excluding hydrogens is 340 g/mol. The molecule has 0 heterocycles. The van der Waals surface area contributed by atoms with Crippen molar-refractivity contribution in [1.29, 1.82) is 5.26 Å². The number of hydrogen-bond donors (Lipinski definition) is 1. The summed E-state index contributed by atoms with van der Waals surface area (Å²) in [7, 11) is -4.92. The van der Waals surface area contributed by atoms with Crippen LogP contribution in [0.3, 0.4) is 0 Å². The number of rotatable bonds is 12. The maximum absolute atomic E-state index is 8.63. The lowest BCUT2D eigenvalue weighted by Gasteiger charge is -2.39. The van der Waals surface area contributed by atoms with Gasteiger partial charge in [0.25, 0.3) is 0 Å². The van der Waals surface area contributed by atoms with Gasteiger partial charge in [-0.05, 0) is 25.7 Å². The second kappa shape index (κ2) is 19.6. The Kier molecular flexibility index (Phi) is 22.9. The third-order valence-corrected chi connectivity index (χ3v) is 3.94. The molecule has 0 atom stereocenters. The van der Waals surface area contributed by atoms with E-state index in [9.17, 15) is 0 Å². The molecule has 0 rings (SSSR count). The summed E-state index contributed by atoms with van der Waals surface area (Å²) in [6.07, 6.45) is 11.1. The Morgan fingerprint density at radius 2 is 1.00 bits per heavy atom. The number of nitrogens with zero attached hydrogens (tertiary/aromatic N) is 2. The highest BCUT2D eigenvalue weighted by Gasteiger charge is 2.24. The SMILES string of the molecule is CC#N.CCCC[N+](CCCC)(CCCC)CCCC.O=S(=O)([O-])O. The van der Waals surface area contributed by atoms with Crippen molar-refractivity contribution in [3.8, 4) is 6.07 Å². The van der Waals surface area contributed by atoms with Crippen molar-refractivity contribution in [1.82, 2.24) is 0 Å². The third kappa shape index (κ3) is 28.4. The topological polar surface area (TPSA) is 101 Å². The first-order valence-corrected chi connectivity index (χ1v) is 10.9. The van der Waals surface area contributed by atoms with E-state index in [-0.39, 0.29) is 0 Å². The van der Waals surface area contributed by atoms with Gasteiger partial charge in [0.1, 0.15) is 0 Å². The number of quaternary nitrogens is 1. The van der Waals surface area contributed by atoms with Crippen LogP contribution in [0.15, 0.2) is 0 Å². The van der Waals surface area contributed by atoms with E-state index in [1.54, 1.807) is 6.07 Å².